The second-order valence-electron chi connectivity index (χ2n) is 6.50. The van der Waals surface area contributed by atoms with Gasteiger partial charge >= 0.3 is 5.69 Å². The number of rotatable bonds is 6. The minimum atomic E-state index is -0.376. The molecule has 21 heavy (non-hydrogen) atoms. The van der Waals surface area contributed by atoms with Crippen LogP contribution in [0.4, 0.5) is 17.3 Å². The summed E-state index contributed by atoms with van der Waals surface area (Å²) in [6.07, 6.45) is 4.15. The van der Waals surface area contributed by atoms with Crippen LogP contribution in [0.1, 0.15) is 46.5 Å². The highest BCUT2D eigenvalue weighted by Gasteiger charge is 2.32. The maximum absolute atomic E-state index is 11.2. The van der Waals surface area contributed by atoms with Gasteiger partial charge in [-0.3, -0.25) is 10.1 Å². The van der Waals surface area contributed by atoms with Gasteiger partial charge in [-0.15, -0.1) is 0 Å². The van der Waals surface area contributed by atoms with E-state index in [0.717, 1.165) is 32.2 Å². The van der Waals surface area contributed by atoms with Crippen LogP contribution in [-0.2, 0) is 0 Å². The molecule has 1 unspecified atom stereocenters. The predicted octanol–water partition coefficient (Wildman–Crippen LogP) is 3.80. The monoisotopic (exact) mass is 292 g/mol. The van der Waals surface area contributed by atoms with Gasteiger partial charge in [0.25, 0.3) is 0 Å². The van der Waals surface area contributed by atoms with E-state index in [4.69, 9.17) is 0 Å². The lowest BCUT2D eigenvalue weighted by Crippen LogP contribution is -2.19. The molecule has 0 amide bonds. The smallest absolute Gasteiger partial charge is 0.311 e. The standard InChI is InChI=1S/C15H24N4O2/c1-4-9-16-13-6-5-12(19(20)21)14(18-13)17-11-7-8-15(2,3)10-11/h5-6,11H,4,7-10H2,1-3H3,(H2,16,17,18). The molecule has 1 aliphatic carbocycles. The number of aromatic nitrogens is 1. The molecule has 6 heteroatoms. The molecule has 1 saturated carbocycles. The van der Waals surface area contributed by atoms with E-state index in [-0.39, 0.29) is 16.7 Å². The highest BCUT2D eigenvalue weighted by Crippen LogP contribution is 2.39. The van der Waals surface area contributed by atoms with Gasteiger partial charge in [-0.25, -0.2) is 4.98 Å². The second kappa shape index (κ2) is 6.28. The quantitative estimate of drug-likeness (QED) is 0.615. The molecule has 1 fully saturated rings. The molecule has 0 spiro atoms. The predicted molar refractivity (Wildman–Crippen MR) is 84.7 cm³/mol. The molecule has 2 rings (SSSR count). The molecule has 2 N–H and O–H groups in total. The molecule has 0 radical (unpaired) electrons. The molecule has 6 nitrogen and oxygen atoms in total. The van der Waals surface area contributed by atoms with E-state index in [0.29, 0.717) is 17.1 Å². The number of hydrogen-bond donors (Lipinski definition) is 2. The van der Waals surface area contributed by atoms with Crippen LogP contribution in [0.3, 0.4) is 0 Å². The lowest BCUT2D eigenvalue weighted by Gasteiger charge is -2.18. The van der Waals surface area contributed by atoms with Gasteiger partial charge in [-0.05, 0) is 37.2 Å². The zero-order valence-corrected chi connectivity index (χ0v) is 13.0. The van der Waals surface area contributed by atoms with E-state index in [1.54, 1.807) is 6.07 Å². The summed E-state index contributed by atoms with van der Waals surface area (Å²) >= 11 is 0. The average Bonchev–Trinajstić information content (AvgIpc) is 2.75. The fourth-order valence-corrected chi connectivity index (χ4v) is 2.81. The minimum Gasteiger partial charge on any atom is -0.370 e. The normalized spacial score (nSPS) is 20.2. The molecular weight excluding hydrogens is 268 g/mol. The van der Waals surface area contributed by atoms with Crippen molar-refractivity contribution in [2.24, 2.45) is 5.41 Å². The van der Waals surface area contributed by atoms with Crippen LogP contribution in [-0.4, -0.2) is 22.5 Å². The Labute approximate surface area is 125 Å². The summed E-state index contributed by atoms with van der Waals surface area (Å²) in [5, 5.41) is 17.6. The van der Waals surface area contributed by atoms with Crippen LogP contribution in [0.25, 0.3) is 0 Å². The third-order valence-electron chi connectivity index (χ3n) is 3.94. The maximum Gasteiger partial charge on any atom is 0.311 e. The number of nitro groups is 1. The zero-order chi connectivity index (χ0) is 15.5. The number of anilines is 2. The molecule has 0 bridgehead atoms. The number of nitrogens with one attached hydrogen (secondary N) is 2. The molecular formula is C15H24N4O2. The fraction of sp³-hybridized carbons (Fsp3) is 0.667. The molecule has 0 saturated heterocycles. The van der Waals surface area contributed by atoms with Crippen molar-refractivity contribution in [3.63, 3.8) is 0 Å². The molecule has 116 valence electrons. The van der Waals surface area contributed by atoms with Crippen molar-refractivity contribution in [2.45, 2.75) is 52.5 Å². The summed E-state index contributed by atoms with van der Waals surface area (Å²) < 4.78 is 0. The molecule has 1 aromatic heterocycles. The van der Waals surface area contributed by atoms with Crippen molar-refractivity contribution in [1.82, 2.24) is 4.98 Å². The first-order valence-corrected chi connectivity index (χ1v) is 7.57. The molecule has 0 aromatic carbocycles. The van der Waals surface area contributed by atoms with E-state index in [1.165, 1.54) is 6.07 Å². The van der Waals surface area contributed by atoms with E-state index < -0.39 is 0 Å². The van der Waals surface area contributed by atoms with Crippen LogP contribution >= 0.6 is 0 Å². The summed E-state index contributed by atoms with van der Waals surface area (Å²) in [6.45, 7) is 7.34. The Morgan fingerprint density at radius 3 is 2.81 bits per heavy atom. The molecule has 1 heterocycles. The largest absolute Gasteiger partial charge is 0.370 e. The van der Waals surface area contributed by atoms with E-state index >= 15 is 0 Å². The van der Waals surface area contributed by atoms with Crippen molar-refractivity contribution < 1.29 is 4.92 Å². The van der Waals surface area contributed by atoms with Crippen molar-refractivity contribution in [3.05, 3.63) is 22.2 Å². The zero-order valence-electron chi connectivity index (χ0n) is 13.0. The Bertz CT molecular complexity index is 516. The first-order valence-electron chi connectivity index (χ1n) is 7.57. The lowest BCUT2D eigenvalue weighted by molar-refractivity contribution is -0.384. The maximum atomic E-state index is 11.2. The SMILES string of the molecule is CCCNc1ccc([N+](=O)[O-])c(NC2CCC(C)(C)C2)n1. The fourth-order valence-electron chi connectivity index (χ4n) is 2.81. The number of nitrogens with zero attached hydrogens (tertiary/aromatic N) is 2. The number of pyridine rings is 1. The average molecular weight is 292 g/mol. The highest BCUT2D eigenvalue weighted by molar-refractivity contribution is 5.60. The van der Waals surface area contributed by atoms with Crippen molar-refractivity contribution >= 4 is 17.3 Å². The summed E-state index contributed by atoms with van der Waals surface area (Å²) in [6, 6.07) is 3.44. The van der Waals surface area contributed by atoms with Crippen LogP contribution in [0.5, 0.6) is 0 Å². The summed E-state index contributed by atoms with van der Waals surface area (Å²) in [5.74, 6) is 1.06. The Morgan fingerprint density at radius 2 is 2.24 bits per heavy atom. The van der Waals surface area contributed by atoms with Gasteiger partial charge < -0.3 is 10.6 Å². The summed E-state index contributed by atoms with van der Waals surface area (Å²) in [4.78, 5) is 15.2. The Hall–Kier alpha value is -1.85. The second-order valence-corrected chi connectivity index (χ2v) is 6.50. The van der Waals surface area contributed by atoms with Gasteiger partial charge in [-0.1, -0.05) is 20.8 Å². The number of hydrogen-bond acceptors (Lipinski definition) is 5. The molecule has 1 aliphatic rings. The van der Waals surface area contributed by atoms with Gasteiger partial charge in [-0.2, -0.15) is 0 Å². The van der Waals surface area contributed by atoms with E-state index in [2.05, 4.69) is 36.4 Å². The Morgan fingerprint density at radius 1 is 1.48 bits per heavy atom. The molecule has 1 aromatic rings. The third kappa shape index (κ3) is 4.06. The van der Waals surface area contributed by atoms with Crippen LogP contribution in [0, 0.1) is 15.5 Å². The van der Waals surface area contributed by atoms with E-state index in [1.807, 2.05) is 0 Å². The van der Waals surface area contributed by atoms with E-state index in [9.17, 15) is 10.1 Å². The van der Waals surface area contributed by atoms with Gasteiger partial charge in [0.1, 0.15) is 5.82 Å². The van der Waals surface area contributed by atoms with Gasteiger partial charge in [0.15, 0.2) is 0 Å². The summed E-state index contributed by atoms with van der Waals surface area (Å²) in [7, 11) is 0. The third-order valence-corrected chi connectivity index (χ3v) is 3.94. The van der Waals surface area contributed by atoms with Gasteiger partial charge in [0.05, 0.1) is 4.92 Å². The van der Waals surface area contributed by atoms with Crippen molar-refractivity contribution in [3.8, 4) is 0 Å². The lowest BCUT2D eigenvalue weighted by atomic mass is 9.92. The Kier molecular flexibility index (Phi) is 4.65. The van der Waals surface area contributed by atoms with Crippen molar-refractivity contribution in [1.29, 1.82) is 0 Å². The summed E-state index contributed by atoms with van der Waals surface area (Å²) in [5.41, 5.74) is 0.339. The van der Waals surface area contributed by atoms with Crippen LogP contribution in [0.2, 0.25) is 0 Å². The van der Waals surface area contributed by atoms with Crippen molar-refractivity contribution in [2.75, 3.05) is 17.2 Å². The topological polar surface area (TPSA) is 80.1 Å². The van der Waals surface area contributed by atoms with Gasteiger partial charge in [0, 0.05) is 18.7 Å². The van der Waals surface area contributed by atoms with Crippen LogP contribution in [0.15, 0.2) is 12.1 Å². The highest BCUT2D eigenvalue weighted by atomic mass is 16.6. The Balaban J connectivity index is 2.16. The minimum absolute atomic E-state index is 0.0433. The first kappa shape index (κ1) is 15.5. The molecule has 0 aliphatic heterocycles. The van der Waals surface area contributed by atoms with Crippen LogP contribution < -0.4 is 10.6 Å². The molecule has 1 atom stereocenters. The van der Waals surface area contributed by atoms with Gasteiger partial charge in [0.2, 0.25) is 5.82 Å². The first-order chi connectivity index (χ1) is 9.91.